The van der Waals surface area contributed by atoms with Crippen molar-refractivity contribution in [3.63, 3.8) is 0 Å². The van der Waals surface area contributed by atoms with Crippen molar-refractivity contribution in [2.45, 2.75) is 11.8 Å². The van der Waals surface area contributed by atoms with Crippen molar-refractivity contribution >= 4 is 45.2 Å². The fourth-order valence-corrected chi connectivity index (χ4v) is 3.37. The van der Waals surface area contributed by atoms with Crippen LogP contribution in [0.4, 0.5) is 5.69 Å². The van der Waals surface area contributed by atoms with E-state index in [1.807, 2.05) is 55.5 Å². The van der Waals surface area contributed by atoms with Gasteiger partial charge in [-0.2, -0.15) is 0 Å². The molecule has 2 rings (SSSR count). The van der Waals surface area contributed by atoms with Crippen molar-refractivity contribution in [2.24, 2.45) is 0 Å². The van der Waals surface area contributed by atoms with E-state index in [0.29, 0.717) is 5.75 Å². The summed E-state index contributed by atoms with van der Waals surface area (Å²) in [4.78, 5) is 26.7. The molecule has 0 heterocycles. The molecule has 4 nitrogen and oxygen atoms in total. The zero-order valence-electron chi connectivity index (χ0n) is 13.6. The summed E-state index contributed by atoms with van der Waals surface area (Å²) in [7, 11) is 1.64. The number of carbonyl (C=O) groups excluding carboxylic acids is 2. The van der Waals surface area contributed by atoms with Gasteiger partial charge in [0, 0.05) is 22.1 Å². The number of likely N-dealkylation sites (N-methyl/N-ethyl adjacent to an activating group) is 1. The molecule has 0 aliphatic carbocycles. The van der Waals surface area contributed by atoms with E-state index in [1.54, 1.807) is 7.05 Å². The van der Waals surface area contributed by atoms with Crippen molar-refractivity contribution in [3.8, 4) is 0 Å². The number of nitrogens with zero attached hydrogens (tertiary/aromatic N) is 1. The minimum atomic E-state index is -0.207. The summed E-state index contributed by atoms with van der Waals surface area (Å²) in [5.41, 5.74) is 1.72. The van der Waals surface area contributed by atoms with Crippen LogP contribution in [0, 0.1) is 6.92 Å². The minimum absolute atomic E-state index is 0.0314. The third kappa shape index (κ3) is 5.69. The largest absolute Gasteiger partial charge is 0.336 e. The number of hydrogen-bond acceptors (Lipinski definition) is 3. The van der Waals surface area contributed by atoms with Gasteiger partial charge in [-0.3, -0.25) is 9.59 Å². The van der Waals surface area contributed by atoms with E-state index in [4.69, 9.17) is 0 Å². The lowest BCUT2D eigenvalue weighted by atomic mass is 10.2. The van der Waals surface area contributed by atoms with Gasteiger partial charge >= 0.3 is 0 Å². The maximum atomic E-state index is 12.1. The van der Waals surface area contributed by atoms with Crippen LogP contribution in [0.3, 0.4) is 0 Å². The number of aryl methyl sites for hydroxylation is 1. The van der Waals surface area contributed by atoms with Gasteiger partial charge in [0.15, 0.2) is 0 Å². The Morgan fingerprint density at radius 3 is 2.54 bits per heavy atom. The quantitative estimate of drug-likeness (QED) is 0.738. The van der Waals surface area contributed by atoms with E-state index in [1.165, 1.54) is 16.7 Å². The van der Waals surface area contributed by atoms with Gasteiger partial charge < -0.3 is 10.2 Å². The van der Waals surface area contributed by atoms with Crippen LogP contribution in [0.25, 0.3) is 0 Å². The number of rotatable bonds is 6. The SMILES string of the molecule is Cc1cc(Br)ccc1NC(=O)CN(C)C(=O)CSc1ccccc1. The molecule has 0 saturated heterocycles. The molecule has 0 fully saturated rings. The van der Waals surface area contributed by atoms with Gasteiger partial charge in [-0.25, -0.2) is 0 Å². The van der Waals surface area contributed by atoms with E-state index in [0.717, 1.165) is 20.6 Å². The molecule has 0 bridgehead atoms. The summed E-state index contributed by atoms with van der Waals surface area (Å²) in [6.45, 7) is 1.95. The van der Waals surface area contributed by atoms with Crippen molar-refractivity contribution in [3.05, 3.63) is 58.6 Å². The smallest absolute Gasteiger partial charge is 0.243 e. The third-order valence-corrected chi connectivity index (χ3v) is 4.86. The van der Waals surface area contributed by atoms with Gasteiger partial charge in [0.2, 0.25) is 11.8 Å². The average molecular weight is 407 g/mol. The molecule has 0 aliphatic rings. The number of thioether (sulfide) groups is 1. The van der Waals surface area contributed by atoms with Gasteiger partial charge in [-0.15, -0.1) is 11.8 Å². The van der Waals surface area contributed by atoms with E-state index < -0.39 is 0 Å². The molecule has 24 heavy (non-hydrogen) atoms. The second-order valence-corrected chi connectivity index (χ2v) is 7.32. The molecule has 1 N–H and O–H groups in total. The Morgan fingerprint density at radius 2 is 1.88 bits per heavy atom. The molecule has 2 aromatic carbocycles. The number of amides is 2. The zero-order valence-corrected chi connectivity index (χ0v) is 16.0. The summed E-state index contributed by atoms with van der Waals surface area (Å²) in [5.74, 6) is 0.0259. The van der Waals surface area contributed by atoms with Crippen LogP contribution in [0.1, 0.15) is 5.56 Å². The lowest BCUT2D eigenvalue weighted by Crippen LogP contribution is -2.36. The summed E-state index contributed by atoms with van der Waals surface area (Å²) in [6.07, 6.45) is 0. The summed E-state index contributed by atoms with van der Waals surface area (Å²) in [5, 5.41) is 2.84. The normalized spacial score (nSPS) is 10.3. The first kappa shape index (κ1) is 18.5. The molecule has 2 aromatic rings. The van der Waals surface area contributed by atoms with Gasteiger partial charge in [0.05, 0.1) is 12.3 Å². The van der Waals surface area contributed by atoms with E-state index in [9.17, 15) is 9.59 Å². The highest BCUT2D eigenvalue weighted by molar-refractivity contribution is 9.10. The van der Waals surface area contributed by atoms with Gasteiger partial charge in [-0.1, -0.05) is 34.1 Å². The number of nitrogens with one attached hydrogen (secondary N) is 1. The average Bonchev–Trinajstić information content (AvgIpc) is 2.56. The molecule has 0 unspecified atom stereocenters. The van der Waals surface area contributed by atoms with Crippen LogP contribution in [0.15, 0.2) is 57.9 Å². The number of anilines is 1. The van der Waals surface area contributed by atoms with Crippen LogP contribution >= 0.6 is 27.7 Å². The molecular weight excluding hydrogens is 388 g/mol. The molecule has 6 heteroatoms. The van der Waals surface area contributed by atoms with Crippen molar-refractivity contribution < 1.29 is 9.59 Å². The highest BCUT2D eigenvalue weighted by Crippen LogP contribution is 2.20. The van der Waals surface area contributed by atoms with E-state index >= 15 is 0 Å². The Morgan fingerprint density at radius 1 is 1.17 bits per heavy atom. The molecule has 0 radical (unpaired) electrons. The van der Waals surface area contributed by atoms with E-state index in [2.05, 4.69) is 21.2 Å². The van der Waals surface area contributed by atoms with Crippen molar-refractivity contribution in [2.75, 3.05) is 24.7 Å². The molecule has 0 aliphatic heterocycles. The minimum Gasteiger partial charge on any atom is -0.336 e. The maximum Gasteiger partial charge on any atom is 0.243 e. The highest BCUT2D eigenvalue weighted by Gasteiger charge is 2.14. The molecule has 2 amide bonds. The molecule has 0 spiro atoms. The Bertz CT molecular complexity index is 722. The summed E-state index contributed by atoms with van der Waals surface area (Å²) in [6, 6.07) is 15.4. The molecule has 0 atom stereocenters. The molecule has 0 saturated carbocycles. The number of carbonyl (C=O) groups is 2. The fourth-order valence-electron chi connectivity index (χ4n) is 2.03. The topological polar surface area (TPSA) is 49.4 Å². The Kier molecular flexibility index (Phi) is 6.87. The number of benzene rings is 2. The van der Waals surface area contributed by atoms with Crippen LogP contribution in [-0.2, 0) is 9.59 Å². The summed E-state index contributed by atoms with van der Waals surface area (Å²) >= 11 is 4.85. The Balaban J connectivity index is 1.83. The molecule has 0 aromatic heterocycles. The van der Waals surface area contributed by atoms with Crippen LogP contribution in [0.2, 0.25) is 0 Å². The number of hydrogen-bond donors (Lipinski definition) is 1. The first-order valence-corrected chi connectivity index (χ1v) is 9.21. The molecular formula is C18H19BrN2O2S. The monoisotopic (exact) mass is 406 g/mol. The predicted octanol–water partition coefficient (Wildman–Crippen LogP) is 3.95. The second kappa shape index (κ2) is 8.89. The van der Waals surface area contributed by atoms with Crippen LogP contribution in [0.5, 0.6) is 0 Å². The molecule has 126 valence electrons. The highest BCUT2D eigenvalue weighted by atomic mass is 79.9. The van der Waals surface area contributed by atoms with Crippen LogP contribution < -0.4 is 5.32 Å². The zero-order chi connectivity index (χ0) is 17.5. The van der Waals surface area contributed by atoms with Crippen molar-refractivity contribution in [1.82, 2.24) is 4.90 Å². The fraction of sp³-hybridized carbons (Fsp3) is 0.222. The van der Waals surface area contributed by atoms with E-state index in [-0.39, 0.29) is 18.4 Å². The standard InChI is InChI=1S/C18H19BrN2O2S/c1-13-10-14(19)8-9-16(13)20-17(22)11-21(2)18(23)12-24-15-6-4-3-5-7-15/h3-10H,11-12H2,1-2H3,(H,20,22). The lowest BCUT2D eigenvalue weighted by molar-refractivity contribution is -0.131. The third-order valence-electron chi connectivity index (χ3n) is 3.37. The van der Waals surface area contributed by atoms with Crippen LogP contribution in [-0.4, -0.2) is 36.1 Å². The summed E-state index contributed by atoms with van der Waals surface area (Å²) < 4.78 is 0.961. The first-order chi connectivity index (χ1) is 11.5. The number of halogens is 1. The Labute approximate surface area is 154 Å². The first-order valence-electron chi connectivity index (χ1n) is 7.43. The van der Waals surface area contributed by atoms with Gasteiger partial charge in [-0.05, 0) is 42.8 Å². The van der Waals surface area contributed by atoms with Gasteiger partial charge in [0.25, 0.3) is 0 Å². The second-order valence-electron chi connectivity index (χ2n) is 5.36. The maximum absolute atomic E-state index is 12.1. The Hall–Kier alpha value is -1.79. The lowest BCUT2D eigenvalue weighted by Gasteiger charge is -2.17. The van der Waals surface area contributed by atoms with Gasteiger partial charge in [0.1, 0.15) is 0 Å². The van der Waals surface area contributed by atoms with Crippen molar-refractivity contribution in [1.29, 1.82) is 0 Å². The predicted molar refractivity (Wildman–Crippen MR) is 102 cm³/mol.